The molecule has 1 aliphatic carbocycles. The van der Waals surface area contributed by atoms with Gasteiger partial charge in [0.15, 0.2) is 0 Å². The van der Waals surface area contributed by atoms with Crippen molar-refractivity contribution >= 4 is 0 Å². The Kier molecular flexibility index (Phi) is 4.83. The van der Waals surface area contributed by atoms with E-state index in [2.05, 4.69) is 49.3 Å². The third-order valence-electron chi connectivity index (χ3n) is 4.27. The van der Waals surface area contributed by atoms with Crippen molar-refractivity contribution in [1.82, 2.24) is 10.2 Å². The highest BCUT2D eigenvalue weighted by Gasteiger charge is 2.31. The molecule has 0 bridgehead atoms. The number of ether oxygens (including phenoxy) is 1. The smallest absolute Gasteiger partial charge is 0.119 e. The third-order valence-corrected chi connectivity index (χ3v) is 4.27. The van der Waals surface area contributed by atoms with Crippen LogP contribution in [0.1, 0.15) is 37.4 Å². The number of likely N-dealkylation sites (N-methyl/N-ethyl adjacent to an activating group) is 2. The number of fused-ring (bicyclic) bond motifs is 1. The fraction of sp³-hybridized carbons (Fsp3) is 0.625. The van der Waals surface area contributed by atoms with Crippen LogP contribution in [0.3, 0.4) is 0 Å². The summed E-state index contributed by atoms with van der Waals surface area (Å²) in [6, 6.07) is 7.53. The number of hydrogen-bond donors (Lipinski definition) is 1. The van der Waals surface area contributed by atoms with E-state index < -0.39 is 0 Å². The fourth-order valence-electron chi connectivity index (χ4n) is 3.08. The molecule has 3 nitrogen and oxygen atoms in total. The zero-order chi connectivity index (χ0) is 13.8. The third kappa shape index (κ3) is 2.93. The van der Waals surface area contributed by atoms with E-state index in [0.717, 1.165) is 25.3 Å². The Morgan fingerprint density at radius 3 is 2.79 bits per heavy atom. The molecule has 2 rings (SSSR count). The number of nitrogens with one attached hydrogen (secondary N) is 1. The summed E-state index contributed by atoms with van der Waals surface area (Å²) in [7, 11) is 3.96. The molecule has 0 aliphatic heterocycles. The molecule has 0 fully saturated rings. The van der Waals surface area contributed by atoms with Gasteiger partial charge in [0.05, 0.1) is 7.11 Å². The summed E-state index contributed by atoms with van der Waals surface area (Å²) in [5.74, 6) is 0.969. The average Bonchev–Trinajstić information content (AvgIpc) is 2.46. The van der Waals surface area contributed by atoms with Gasteiger partial charge in [-0.25, -0.2) is 0 Å². The van der Waals surface area contributed by atoms with Crippen LogP contribution in [0.4, 0.5) is 0 Å². The monoisotopic (exact) mass is 262 g/mol. The number of methoxy groups -OCH3 is 1. The van der Waals surface area contributed by atoms with Gasteiger partial charge in [-0.3, -0.25) is 0 Å². The van der Waals surface area contributed by atoms with Crippen LogP contribution in [0, 0.1) is 0 Å². The van der Waals surface area contributed by atoms with Crippen molar-refractivity contribution in [3.63, 3.8) is 0 Å². The Hall–Kier alpha value is -1.06. The summed E-state index contributed by atoms with van der Waals surface area (Å²) in [5, 5.41) is 3.66. The van der Waals surface area contributed by atoms with E-state index in [-0.39, 0.29) is 0 Å². The van der Waals surface area contributed by atoms with Crippen molar-refractivity contribution in [2.75, 3.05) is 27.2 Å². The van der Waals surface area contributed by atoms with Gasteiger partial charge >= 0.3 is 0 Å². The molecule has 0 radical (unpaired) electrons. The second-order valence-corrected chi connectivity index (χ2v) is 5.28. The van der Waals surface area contributed by atoms with Crippen LogP contribution in [-0.2, 0) is 6.42 Å². The van der Waals surface area contributed by atoms with Gasteiger partial charge in [0, 0.05) is 12.1 Å². The Bertz CT molecular complexity index is 419. The standard InChI is InChI=1S/C16H26N2O/c1-5-17-16-14-9-8-13(19-4)11-12(14)7-10-15(16)18(3)6-2/h8-9,11,15-17H,5-7,10H2,1-4H3. The van der Waals surface area contributed by atoms with Crippen LogP contribution in [-0.4, -0.2) is 38.2 Å². The summed E-state index contributed by atoms with van der Waals surface area (Å²) < 4.78 is 5.34. The summed E-state index contributed by atoms with van der Waals surface area (Å²) in [6.07, 6.45) is 2.35. The van der Waals surface area contributed by atoms with Gasteiger partial charge < -0.3 is 15.0 Å². The van der Waals surface area contributed by atoms with Crippen LogP contribution in [0.5, 0.6) is 5.75 Å². The Morgan fingerprint density at radius 2 is 2.16 bits per heavy atom. The fourth-order valence-corrected chi connectivity index (χ4v) is 3.08. The lowest BCUT2D eigenvalue weighted by molar-refractivity contribution is 0.181. The molecule has 0 heterocycles. The van der Waals surface area contributed by atoms with Gasteiger partial charge in [-0.2, -0.15) is 0 Å². The van der Waals surface area contributed by atoms with Gasteiger partial charge in [0.2, 0.25) is 0 Å². The maximum atomic E-state index is 5.34. The first-order valence-electron chi connectivity index (χ1n) is 7.31. The lowest BCUT2D eigenvalue weighted by atomic mass is 9.83. The van der Waals surface area contributed by atoms with E-state index in [1.54, 1.807) is 7.11 Å². The molecule has 0 spiro atoms. The van der Waals surface area contributed by atoms with Crippen LogP contribution in [0.15, 0.2) is 18.2 Å². The molecule has 3 heteroatoms. The van der Waals surface area contributed by atoms with Crippen molar-refractivity contribution in [2.45, 2.75) is 38.8 Å². The van der Waals surface area contributed by atoms with E-state index in [0.29, 0.717) is 12.1 Å². The minimum atomic E-state index is 0.435. The molecule has 2 atom stereocenters. The lowest BCUT2D eigenvalue weighted by Crippen LogP contribution is -2.45. The number of benzene rings is 1. The molecule has 0 amide bonds. The second-order valence-electron chi connectivity index (χ2n) is 5.28. The maximum Gasteiger partial charge on any atom is 0.119 e. The van der Waals surface area contributed by atoms with Crippen LogP contribution in [0.25, 0.3) is 0 Å². The van der Waals surface area contributed by atoms with Gasteiger partial charge in [0.1, 0.15) is 5.75 Å². The van der Waals surface area contributed by atoms with Gasteiger partial charge in [-0.15, -0.1) is 0 Å². The molecule has 1 aromatic carbocycles. The van der Waals surface area contributed by atoms with Gasteiger partial charge in [-0.1, -0.05) is 19.9 Å². The predicted molar refractivity (Wildman–Crippen MR) is 79.8 cm³/mol. The number of nitrogens with zero attached hydrogens (tertiary/aromatic N) is 1. The minimum absolute atomic E-state index is 0.435. The molecular weight excluding hydrogens is 236 g/mol. The van der Waals surface area contributed by atoms with Gasteiger partial charge in [-0.05, 0) is 56.2 Å². The van der Waals surface area contributed by atoms with E-state index in [9.17, 15) is 0 Å². The quantitative estimate of drug-likeness (QED) is 0.883. The molecule has 0 saturated heterocycles. The van der Waals surface area contributed by atoms with E-state index in [1.807, 2.05) is 0 Å². The zero-order valence-corrected chi connectivity index (χ0v) is 12.6. The van der Waals surface area contributed by atoms with Crippen molar-refractivity contribution in [3.8, 4) is 5.75 Å². The molecule has 1 aromatic rings. The number of rotatable bonds is 5. The largest absolute Gasteiger partial charge is 0.497 e. The molecule has 2 unspecified atom stereocenters. The normalized spacial score (nSPS) is 22.4. The Balaban J connectivity index is 2.31. The van der Waals surface area contributed by atoms with E-state index in [4.69, 9.17) is 4.74 Å². The topological polar surface area (TPSA) is 24.5 Å². The molecule has 1 N–H and O–H groups in total. The lowest BCUT2D eigenvalue weighted by Gasteiger charge is -2.39. The molecule has 0 saturated carbocycles. The summed E-state index contributed by atoms with van der Waals surface area (Å²) in [5.41, 5.74) is 2.88. The average molecular weight is 262 g/mol. The van der Waals surface area contributed by atoms with Crippen LogP contribution >= 0.6 is 0 Å². The second kappa shape index (κ2) is 6.40. The molecule has 106 valence electrons. The highest BCUT2D eigenvalue weighted by atomic mass is 16.5. The van der Waals surface area contributed by atoms with Crippen LogP contribution < -0.4 is 10.1 Å². The first-order chi connectivity index (χ1) is 9.21. The summed E-state index contributed by atoms with van der Waals surface area (Å²) in [6.45, 7) is 6.51. The number of aryl methyl sites for hydroxylation is 1. The zero-order valence-electron chi connectivity index (χ0n) is 12.6. The van der Waals surface area contributed by atoms with Crippen LogP contribution in [0.2, 0.25) is 0 Å². The van der Waals surface area contributed by atoms with Crippen molar-refractivity contribution in [1.29, 1.82) is 0 Å². The summed E-state index contributed by atoms with van der Waals surface area (Å²) in [4.78, 5) is 2.46. The Labute approximate surface area is 116 Å². The van der Waals surface area contributed by atoms with Crippen molar-refractivity contribution in [3.05, 3.63) is 29.3 Å². The highest BCUT2D eigenvalue weighted by molar-refractivity contribution is 5.40. The highest BCUT2D eigenvalue weighted by Crippen LogP contribution is 2.34. The molecular formula is C16H26N2O. The van der Waals surface area contributed by atoms with Crippen molar-refractivity contribution in [2.24, 2.45) is 0 Å². The number of hydrogen-bond acceptors (Lipinski definition) is 3. The molecule has 1 aliphatic rings. The SMILES string of the molecule is CCNC1c2ccc(OC)cc2CCC1N(C)CC. The maximum absolute atomic E-state index is 5.34. The first-order valence-corrected chi connectivity index (χ1v) is 7.31. The van der Waals surface area contributed by atoms with E-state index >= 15 is 0 Å². The van der Waals surface area contributed by atoms with Gasteiger partial charge in [0.25, 0.3) is 0 Å². The summed E-state index contributed by atoms with van der Waals surface area (Å²) >= 11 is 0. The Morgan fingerprint density at radius 1 is 1.37 bits per heavy atom. The predicted octanol–water partition coefficient (Wildman–Crippen LogP) is 2.61. The molecule has 19 heavy (non-hydrogen) atoms. The van der Waals surface area contributed by atoms with Crippen molar-refractivity contribution < 1.29 is 4.74 Å². The first kappa shape index (κ1) is 14.4. The molecule has 0 aromatic heterocycles. The van der Waals surface area contributed by atoms with E-state index in [1.165, 1.54) is 17.5 Å². The minimum Gasteiger partial charge on any atom is -0.497 e.